The number of furan rings is 1. The first-order valence-electron chi connectivity index (χ1n) is 10.4. The predicted molar refractivity (Wildman–Crippen MR) is 129 cm³/mol. The maximum atomic E-state index is 6.56. The van der Waals surface area contributed by atoms with Crippen molar-refractivity contribution >= 4 is 32.5 Å². The molecular weight excluding hydrogens is 380 g/mol. The molecule has 148 valence electrons. The van der Waals surface area contributed by atoms with E-state index in [1.165, 1.54) is 27.1 Å². The Morgan fingerprint density at radius 3 is 1.90 bits per heavy atom. The molecule has 2 heteroatoms. The highest BCUT2D eigenvalue weighted by Gasteiger charge is 2.21. The van der Waals surface area contributed by atoms with Crippen LogP contribution in [0.25, 0.3) is 55.0 Å². The number of hydrogen-bond acceptors (Lipinski definition) is 2. The summed E-state index contributed by atoms with van der Waals surface area (Å²) in [5.74, 6) is 1.67. The SMILES string of the molecule is COc1ccc2c(-c3cccc4ccccc34)c(-c3cccc4ccccc34)oc2c1. The second-order valence-electron chi connectivity index (χ2n) is 7.72. The third-order valence-corrected chi connectivity index (χ3v) is 5.99. The van der Waals surface area contributed by atoms with Gasteiger partial charge >= 0.3 is 0 Å². The molecule has 5 aromatic carbocycles. The van der Waals surface area contributed by atoms with E-state index in [0.29, 0.717) is 0 Å². The van der Waals surface area contributed by atoms with Crippen molar-refractivity contribution in [3.63, 3.8) is 0 Å². The normalized spacial score (nSPS) is 11.4. The highest BCUT2D eigenvalue weighted by atomic mass is 16.5. The van der Waals surface area contributed by atoms with Crippen LogP contribution in [0.1, 0.15) is 0 Å². The number of methoxy groups -OCH3 is 1. The number of fused-ring (bicyclic) bond motifs is 3. The van der Waals surface area contributed by atoms with Crippen LogP contribution in [-0.2, 0) is 0 Å². The smallest absolute Gasteiger partial charge is 0.143 e. The minimum absolute atomic E-state index is 0.787. The molecule has 0 N–H and O–H groups in total. The van der Waals surface area contributed by atoms with Gasteiger partial charge in [0.1, 0.15) is 17.1 Å². The van der Waals surface area contributed by atoms with Crippen molar-refractivity contribution in [2.45, 2.75) is 0 Å². The number of benzene rings is 5. The van der Waals surface area contributed by atoms with Crippen molar-refractivity contribution in [3.05, 3.63) is 103 Å². The molecule has 0 radical (unpaired) electrons. The molecule has 0 saturated heterocycles. The second kappa shape index (κ2) is 7.03. The van der Waals surface area contributed by atoms with Crippen LogP contribution in [0.4, 0.5) is 0 Å². The van der Waals surface area contributed by atoms with Crippen LogP contribution >= 0.6 is 0 Å². The van der Waals surface area contributed by atoms with Crippen LogP contribution in [0, 0.1) is 0 Å². The van der Waals surface area contributed by atoms with E-state index in [9.17, 15) is 0 Å². The van der Waals surface area contributed by atoms with Gasteiger partial charge in [-0.15, -0.1) is 0 Å². The van der Waals surface area contributed by atoms with Gasteiger partial charge in [0.25, 0.3) is 0 Å². The van der Waals surface area contributed by atoms with E-state index < -0.39 is 0 Å². The molecule has 0 spiro atoms. The maximum Gasteiger partial charge on any atom is 0.143 e. The Morgan fingerprint density at radius 2 is 1.19 bits per heavy atom. The standard InChI is InChI=1S/C29H20O2/c1-30-21-16-17-26-27(18-21)31-29(25-15-7-11-20-9-3-5-13-23(20)25)28(26)24-14-6-10-19-8-2-4-12-22(19)24/h2-18H,1H3. The molecule has 0 aliphatic rings. The van der Waals surface area contributed by atoms with Gasteiger partial charge in [-0.05, 0) is 39.2 Å². The van der Waals surface area contributed by atoms with E-state index in [-0.39, 0.29) is 0 Å². The minimum atomic E-state index is 0.787. The average molecular weight is 400 g/mol. The van der Waals surface area contributed by atoms with Gasteiger partial charge in [0.05, 0.1) is 7.11 Å². The summed E-state index contributed by atoms with van der Waals surface area (Å²) in [4.78, 5) is 0. The highest BCUT2D eigenvalue weighted by Crippen LogP contribution is 2.45. The lowest BCUT2D eigenvalue weighted by molar-refractivity contribution is 0.414. The van der Waals surface area contributed by atoms with Gasteiger partial charge in [0, 0.05) is 22.6 Å². The van der Waals surface area contributed by atoms with E-state index >= 15 is 0 Å². The molecule has 6 aromatic rings. The zero-order chi connectivity index (χ0) is 20.8. The third kappa shape index (κ3) is 2.80. The Morgan fingerprint density at radius 1 is 0.581 bits per heavy atom. The quantitative estimate of drug-likeness (QED) is 0.299. The maximum absolute atomic E-state index is 6.56. The van der Waals surface area contributed by atoms with Crippen LogP contribution in [0.3, 0.4) is 0 Å². The Balaban J connectivity index is 1.76. The van der Waals surface area contributed by atoms with Crippen LogP contribution in [0.5, 0.6) is 5.75 Å². The first kappa shape index (κ1) is 17.8. The van der Waals surface area contributed by atoms with Gasteiger partial charge in [-0.25, -0.2) is 0 Å². The molecule has 0 amide bonds. The molecule has 6 rings (SSSR count). The van der Waals surface area contributed by atoms with Crippen molar-refractivity contribution in [3.8, 4) is 28.2 Å². The highest BCUT2D eigenvalue weighted by molar-refractivity contribution is 6.11. The summed E-state index contributed by atoms with van der Waals surface area (Å²) in [6, 6.07) is 35.9. The van der Waals surface area contributed by atoms with Crippen LogP contribution in [0.2, 0.25) is 0 Å². The lowest BCUT2D eigenvalue weighted by atomic mass is 9.92. The van der Waals surface area contributed by atoms with Gasteiger partial charge in [-0.1, -0.05) is 84.9 Å². The van der Waals surface area contributed by atoms with Crippen molar-refractivity contribution in [2.24, 2.45) is 0 Å². The fraction of sp³-hybridized carbons (Fsp3) is 0.0345. The summed E-state index contributed by atoms with van der Waals surface area (Å²) >= 11 is 0. The Kier molecular flexibility index (Phi) is 4.03. The van der Waals surface area contributed by atoms with Gasteiger partial charge in [0.15, 0.2) is 0 Å². The lowest BCUT2D eigenvalue weighted by Crippen LogP contribution is -1.85. The topological polar surface area (TPSA) is 22.4 Å². The van der Waals surface area contributed by atoms with E-state index in [2.05, 4.69) is 91.0 Å². The molecule has 0 aliphatic heterocycles. The average Bonchev–Trinajstić information content (AvgIpc) is 3.21. The van der Waals surface area contributed by atoms with Crippen molar-refractivity contribution in [1.29, 1.82) is 0 Å². The Hall–Kier alpha value is -4.04. The summed E-state index contributed by atoms with van der Waals surface area (Å²) in [5, 5.41) is 5.89. The van der Waals surface area contributed by atoms with Crippen molar-refractivity contribution < 1.29 is 9.15 Å². The van der Waals surface area contributed by atoms with Crippen LogP contribution < -0.4 is 4.74 Å². The second-order valence-corrected chi connectivity index (χ2v) is 7.72. The van der Waals surface area contributed by atoms with E-state index in [1.54, 1.807) is 7.11 Å². The van der Waals surface area contributed by atoms with Gasteiger partial charge in [0.2, 0.25) is 0 Å². The van der Waals surface area contributed by atoms with Gasteiger partial charge in [-0.3, -0.25) is 0 Å². The molecule has 1 aromatic heterocycles. The molecule has 0 bridgehead atoms. The van der Waals surface area contributed by atoms with Crippen LogP contribution in [-0.4, -0.2) is 7.11 Å². The summed E-state index contributed by atoms with van der Waals surface area (Å²) in [6.07, 6.45) is 0. The molecule has 0 aliphatic carbocycles. The molecular formula is C29H20O2. The van der Waals surface area contributed by atoms with Gasteiger partial charge < -0.3 is 9.15 Å². The zero-order valence-electron chi connectivity index (χ0n) is 17.1. The zero-order valence-corrected chi connectivity index (χ0v) is 17.1. The van der Waals surface area contributed by atoms with Crippen LogP contribution in [0.15, 0.2) is 108 Å². The molecule has 0 saturated carbocycles. The number of hydrogen-bond donors (Lipinski definition) is 0. The summed E-state index contributed by atoms with van der Waals surface area (Å²) < 4.78 is 12.0. The molecule has 31 heavy (non-hydrogen) atoms. The van der Waals surface area contributed by atoms with Crippen molar-refractivity contribution in [1.82, 2.24) is 0 Å². The monoisotopic (exact) mass is 400 g/mol. The summed E-state index contributed by atoms with van der Waals surface area (Å²) in [7, 11) is 1.68. The predicted octanol–water partition coefficient (Wildman–Crippen LogP) is 8.08. The van der Waals surface area contributed by atoms with E-state index in [1.807, 2.05) is 12.1 Å². The fourth-order valence-corrected chi connectivity index (χ4v) is 4.53. The number of ether oxygens (including phenoxy) is 1. The van der Waals surface area contributed by atoms with E-state index in [4.69, 9.17) is 9.15 Å². The fourth-order valence-electron chi connectivity index (χ4n) is 4.53. The van der Waals surface area contributed by atoms with Gasteiger partial charge in [-0.2, -0.15) is 0 Å². The largest absolute Gasteiger partial charge is 0.497 e. The summed E-state index contributed by atoms with van der Waals surface area (Å²) in [6.45, 7) is 0. The molecule has 0 fully saturated rings. The third-order valence-electron chi connectivity index (χ3n) is 5.99. The summed E-state index contributed by atoms with van der Waals surface area (Å²) in [5.41, 5.74) is 4.21. The molecule has 0 unspecified atom stereocenters. The molecule has 1 heterocycles. The minimum Gasteiger partial charge on any atom is -0.497 e. The molecule has 0 atom stereocenters. The molecule has 2 nitrogen and oxygen atoms in total. The van der Waals surface area contributed by atoms with Crippen molar-refractivity contribution in [2.75, 3.05) is 7.11 Å². The Labute approximate surface area is 180 Å². The first-order chi connectivity index (χ1) is 15.3. The first-order valence-corrected chi connectivity index (χ1v) is 10.4. The number of rotatable bonds is 3. The lowest BCUT2D eigenvalue weighted by Gasteiger charge is -2.10. The van der Waals surface area contributed by atoms with E-state index in [0.717, 1.165) is 33.6 Å². The Bertz CT molecular complexity index is 1560.